The molecule has 0 spiro atoms. The summed E-state index contributed by atoms with van der Waals surface area (Å²) in [6, 6.07) is -1.34. The Morgan fingerprint density at radius 2 is 1.88 bits per heavy atom. The number of hydrogen-bond donors (Lipinski definition) is 1. The Kier molecular flexibility index (Phi) is 6.52. The fraction of sp³-hybridized carbons (Fsp3) is 0.909. The average Bonchev–Trinajstić information content (AvgIpc) is 2.19. The summed E-state index contributed by atoms with van der Waals surface area (Å²) in [5.41, 5.74) is 5.60. The van der Waals surface area contributed by atoms with Gasteiger partial charge in [0.05, 0.1) is 6.04 Å². The van der Waals surface area contributed by atoms with E-state index in [1.807, 2.05) is 6.92 Å². The lowest BCUT2D eigenvalue weighted by molar-refractivity contribution is -0.165. The van der Waals surface area contributed by atoms with Crippen LogP contribution in [0.2, 0.25) is 0 Å². The van der Waals surface area contributed by atoms with Crippen LogP contribution in [0.4, 0.5) is 13.2 Å². The Hall–Kier alpha value is -0.780. The van der Waals surface area contributed by atoms with Gasteiger partial charge in [-0.2, -0.15) is 13.2 Å². The maximum absolute atomic E-state index is 12.3. The highest BCUT2D eigenvalue weighted by Crippen LogP contribution is 2.19. The van der Waals surface area contributed by atoms with Gasteiger partial charge in [0.2, 0.25) is 5.91 Å². The maximum atomic E-state index is 12.3. The molecule has 0 rings (SSSR count). The number of hydrogen-bond acceptors (Lipinski definition) is 2. The van der Waals surface area contributed by atoms with Crippen molar-refractivity contribution in [1.82, 2.24) is 4.90 Å². The molecular weight excluding hydrogens is 233 g/mol. The summed E-state index contributed by atoms with van der Waals surface area (Å²) >= 11 is 0. The molecule has 102 valence electrons. The molecule has 2 N–H and O–H groups in total. The second-order valence-electron chi connectivity index (χ2n) is 4.42. The first-order valence-electron chi connectivity index (χ1n) is 5.81. The summed E-state index contributed by atoms with van der Waals surface area (Å²) in [4.78, 5) is 12.6. The van der Waals surface area contributed by atoms with Crippen molar-refractivity contribution in [3.05, 3.63) is 0 Å². The predicted molar refractivity (Wildman–Crippen MR) is 60.4 cm³/mol. The van der Waals surface area contributed by atoms with E-state index in [0.717, 1.165) is 17.7 Å². The van der Waals surface area contributed by atoms with Crippen LogP contribution in [0, 0.1) is 0 Å². The van der Waals surface area contributed by atoms with Crippen LogP contribution in [-0.2, 0) is 4.79 Å². The SMILES string of the molecule is CCCCC(N)C(=O)N(CC(F)(F)F)C(C)C. The number of carbonyl (C=O) groups excluding carboxylic acids is 1. The van der Waals surface area contributed by atoms with Crippen molar-refractivity contribution in [2.45, 2.75) is 58.3 Å². The minimum Gasteiger partial charge on any atom is -0.330 e. The van der Waals surface area contributed by atoms with Crippen molar-refractivity contribution in [3.8, 4) is 0 Å². The van der Waals surface area contributed by atoms with Gasteiger partial charge in [0.25, 0.3) is 0 Å². The van der Waals surface area contributed by atoms with E-state index in [-0.39, 0.29) is 0 Å². The minimum absolute atomic E-state index is 0.427. The summed E-state index contributed by atoms with van der Waals surface area (Å²) in [6.45, 7) is 3.81. The van der Waals surface area contributed by atoms with Gasteiger partial charge >= 0.3 is 6.18 Å². The van der Waals surface area contributed by atoms with Crippen LogP contribution < -0.4 is 5.73 Å². The van der Waals surface area contributed by atoms with E-state index in [1.54, 1.807) is 13.8 Å². The smallest absolute Gasteiger partial charge is 0.330 e. The summed E-state index contributed by atoms with van der Waals surface area (Å²) in [6.07, 6.45) is -2.35. The van der Waals surface area contributed by atoms with Crippen molar-refractivity contribution in [2.75, 3.05) is 6.54 Å². The van der Waals surface area contributed by atoms with E-state index >= 15 is 0 Å². The predicted octanol–water partition coefficient (Wildman–Crippen LogP) is 2.30. The van der Waals surface area contributed by atoms with Gasteiger partial charge in [0.1, 0.15) is 6.54 Å². The van der Waals surface area contributed by atoms with E-state index in [1.165, 1.54) is 0 Å². The van der Waals surface area contributed by atoms with Crippen LogP contribution in [0.25, 0.3) is 0 Å². The van der Waals surface area contributed by atoms with Gasteiger partial charge in [-0.15, -0.1) is 0 Å². The highest BCUT2D eigenvalue weighted by atomic mass is 19.4. The minimum atomic E-state index is -4.38. The Morgan fingerprint density at radius 3 is 2.24 bits per heavy atom. The zero-order valence-corrected chi connectivity index (χ0v) is 10.5. The molecule has 0 aliphatic carbocycles. The number of amides is 1. The molecule has 0 aliphatic heterocycles. The van der Waals surface area contributed by atoms with E-state index in [2.05, 4.69) is 0 Å². The molecule has 0 heterocycles. The zero-order valence-electron chi connectivity index (χ0n) is 10.5. The van der Waals surface area contributed by atoms with Gasteiger partial charge in [0.15, 0.2) is 0 Å². The standard InChI is InChI=1S/C11H21F3N2O/c1-4-5-6-9(15)10(17)16(8(2)3)7-11(12,13)14/h8-9H,4-7,15H2,1-3H3. The Bertz CT molecular complexity index is 241. The van der Waals surface area contributed by atoms with Gasteiger partial charge in [-0.25, -0.2) is 0 Å². The molecule has 0 aromatic rings. The molecule has 1 amide bonds. The molecule has 3 nitrogen and oxygen atoms in total. The van der Waals surface area contributed by atoms with Gasteiger partial charge in [0, 0.05) is 6.04 Å². The van der Waals surface area contributed by atoms with E-state index in [0.29, 0.717) is 6.42 Å². The molecule has 1 unspecified atom stereocenters. The molecule has 1 atom stereocenters. The quantitative estimate of drug-likeness (QED) is 0.790. The summed E-state index contributed by atoms with van der Waals surface area (Å²) in [5.74, 6) is -0.620. The van der Waals surface area contributed by atoms with Crippen molar-refractivity contribution in [3.63, 3.8) is 0 Å². The number of unbranched alkanes of at least 4 members (excludes halogenated alkanes) is 1. The molecule has 0 aromatic carbocycles. The number of nitrogens with two attached hydrogens (primary N) is 1. The van der Waals surface area contributed by atoms with E-state index in [4.69, 9.17) is 5.73 Å². The first-order valence-corrected chi connectivity index (χ1v) is 5.81. The number of alkyl halides is 3. The number of rotatable bonds is 6. The lowest BCUT2D eigenvalue weighted by Crippen LogP contribution is -2.50. The van der Waals surface area contributed by atoms with Crippen LogP contribution in [0.1, 0.15) is 40.0 Å². The monoisotopic (exact) mass is 254 g/mol. The van der Waals surface area contributed by atoms with Crippen molar-refractivity contribution in [1.29, 1.82) is 0 Å². The third-order valence-corrected chi connectivity index (χ3v) is 2.44. The first-order chi connectivity index (χ1) is 7.69. The molecule has 0 aromatic heterocycles. The fourth-order valence-corrected chi connectivity index (χ4v) is 1.47. The summed E-state index contributed by atoms with van der Waals surface area (Å²) < 4.78 is 36.9. The fourth-order valence-electron chi connectivity index (χ4n) is 1.47. The lowest BCUT2D eigenvalue weighted by Gasteiger charge is -2.30. The summed E-state index contributed by atoms with van der Waals surface area (Å²) in [7, 11) is 0. The van der Waals surface area contributed by atoms with Crippen LogP contribution in [-0.4, -0.2) is 35.6 Å². The third-order valence-electron chi connectivity index (χ3n) is 2.44. The third kappa shape index (κ3) is 6.51. The molecule has 0 radical (unpaired) electrons. The van der Waals surface area contributed by atoms with Crippen molar-refractivity contribution in [2.24, 2.45) is 5.73 Å². The van der Waals surface area contributed by atoms with Gasteiger partial charge in [-0.1, -0.05) is 19.8 Å². The van der Waals surface area contributed by atoms with Gasteiger partial charge < -0.3 is 10.6 Å². The highest BCUT2D eigenvalue weighted by Gasteiger charge is 2.35. The van der Waals surface area contributed by atoms with Crippen molar-refractivity contribution >= 4 is 5.91 Å². The van der Waals surface area contributed by atoms with Crippen molar-refractivity contribution < 1.29 is 18.0 Å². The van der Waals surface area contributed by atoms with E-state index < -0.39 is 30.7 Å². The molecule has 0 fully saturated rings. The molecule has 0 saturated carbocycles. The van der Waals surface area contributed by atoms with Crippen LogP contribution >= 0.6 is 0 Å². The van der Waals surface area contributed by atoms with Crippen LogP contribution in [0.5, 0.6) is 0 Å². The molecule has 17 heavy (non-hydrogen) atoms. The number of carbonyl (C=O) groups is 1. The largest absolute Gasteiger partial charge is 0.406 e. The number of halogens is 3. The molecule has 0 bridgehead atoms. The molecule has 6 heteroatoms. The second kappa shape index (κ2) is 6.83. The molecule has 0 saturated heterocycles. The van der Waals surface area contributed by atoms with Crippen LogP contribution in [0.15, 0.2) is 0 Å². The Morgan fingerprint density at radius 1 is 1.35 bits per heavy atom. The second-order valence-corrected chi connectivity index (χ2v) is 4.42. The number of nitrogens with zero attached hydrogens (tertiary/aromatic N) is 1. The Labute approximate surface area is 100 Å². The van der Waals surface area contributed by atoms with E-state index in [9.17, 15) is 18.0 Å². The maximum Gasteiger partial charge on any atom is 0.406 e. The first kappa shape index (κ1) is 16.2. The Balaban J connectivity index is 4.54. The molecule has 0 aliphatic rings. The highest BCUT2D eigenvalue weighted by molar-refractivity contribution is 5.81. The van der Waals surface area contributed by atoms with Gasteiger partial charge in [-0.05, 0) is 20.3 Å². The van der Waals surface area contributed by atoms with Gasteiger partial charge in [-0.3, -0.25) is 4.79 Å². The average molecular weight is 254 g/mol. The lowest BCUT2D eigenvalue weighted by atomic mass is 10.1. The normalized spacial score (nSPS) is 13.9. The van der Waals surface area contributed by atoms with Crippen LogP contribution in [0.3, 0.4) is 0 Å². The summed E-state index contributed by atoms with van der Waals surface area (Å²) in [5, 5.41) is 0. The zero-order chi connectivity index (χ0) is 13.6. The topological polar surface area (TPSA) is 46.3 Å². The molecular formula is C11H21F3N2O.